The van der Waals surface area contributed by atoms with Crippen LogP contribution in [0.3, 0.4) is 0 Å². The molecule has 1 N–H and O–H groups in total. The maximum Gasteiger partial charge on any atom is 0.161 e. The molecule has 1 aromatic carbocycles. The van der Waals surface area contributed by atoms with Gasteiger partial charge in [0.05, 0.1) is 17.3 Å². The second-order valence-corrected chi connectivity index (χ2v) is 7.18. The first-order valence-corrected chi connectivity index (χ1v) is 8.62. The van der Waals surface area contributed by atoms with Crippen LogP contribution in [0.1, 0.15) is 26.7 Å². The van der Waals surface area contributed by atoms with Crippen molar-refractivity contribution in [3.63, 3.8) is 0 Å². The molecule has 1 heterocycles. The first-order chi connectivity index (χ1) is 9.13. The lowest BCUT2D eigenvalue weighted by molar-refractivity contribution is 0.479. The minimum Gasteiger partial charge on any atom is -0.334 e. The standard InChI is InChI=1S/C14H18BrClN2S/c1-3-9(4-2)13-8-17-14(19-13)18-12-7-10(15)5-6-11(12)16/h5-7,9,13H,3-4,8H2,1-2H3,(H,17,18). The molecule has 1 aliphatic rings. The molecule has 0 aliphatic carbocycles. The summed E-state index contributed by atoms with van der Waals surface area (Å²) in [7, 11) is 0. The largest absolute Gasteiger partial charge is 0.334 e. The summed E-state index contributed by atoms with van der Waals surface area (Å²) in [5.74, 6) is 0.742. The average Bonchev–Trinajstić information content (AvgIpc) is 2.84. The van der Waals surface area contributed by atoms with Crippen LogP contribution < -0.4 is 5.32 Å². The highest BCUT2D eigenvalue weighted by Crippen LogP contribution is 2.33. The van der Waals surface area contributed by atoms with E-state index in [2.05, 4.69) is 40.1 Å². The van der Waals surface area contributed by atoms with Crippen molar-refractivity contribution in [3.05, 3.63) is 27.7 Å². The van der Waals surface area contributed by atoms with Gasteiger partial charge in [-0.15, -0.1) is 0 Å². The third-order valence-corrected chi connectivity index (χ3v) is 5.54. The van der Waals surface area contributed by atoms with Gasteiger partial charge in [0.15, 0.2) is 5.17 Å². The van der Waals surface area contributed by atoms with E-state index in [-0.39, 0.29) is 0 Å². The number of nitrogens with one attached hydrogen (secondary N) is 1. The fourth-order valence-electron chi connectivity index (χ4n) is 2.23. The number of aliphatic imine (C=N–C) groups is 1. The summed E-state index contributed by atoms with van der Waals surface area (Å²) >= 11 is 11.5. The molecule has 0 bridgehead atoms. The summed E-state index contributed by atoms with van der Waals surface area (Å²) in [5, 5.41) is 5.64. The van der Waals surface area contributed by atoms with Gasteiger partial charge in [-0.25, -0.2) is 0 Å². The van der Waals surface area contributed by atoms with Crippen molar-refractivity contribution in [2.24, 2.45) is 10.9 Å². The van der Waals surface area contributed by atoms with Crippen molar-refractivity contribution in [1.82, 2.24) is 0 Å². The van der Waals surface area contributed by atoms with E-state index in [0.717, 1.165) is 32.8 Å². The smallest absolute Gasteiger partial charge is 0.161 e. The highest BCUT2D eigenvalue weighted by atomic mass is 79.9. The molecule has 1 atom stereocenters. The average molecular weight is 362 g/mol. The third-order valence-electron chi connectivity index (χ3n) is 3.42. The summed E-state index contributed by atoms with van der Waals surface area (Å²) in [6.45, 7) is 5.42. The monoisotopic (exact) mass is 360 g/mol. The molecule has 1 aromatic rings. The summed E-state index contributed by atoms with van der Waals surface area (Å²) < 4.78 is 1.01. The summed E-state index contributed by atoms with van der Waals surface area (Å²) in [6, 6.07) is 5.80. The van der Waals surface area contributed by atoms with Gasteiger partial charge in [-0.2, -0.15) is 0 Å². The Balaban J connectivity index is 2.00. The molecule has 2 rings (SSSR count). The summed E-state index contributed by atoms with van der Waals surface area (Å²) in [5.41, 5.74) is 0.910. The van der Waals surface area contributed by atoms with E-state index < -0.39 is 0 Å². The Morgan fingerprint density at radius 2 is 2.21 bits per heavy atom. The van der Waals surface area contributed by atoms with Crippen LogP contribution in [0.15, 0.2) is 27.7 Å². The first-order valence-electron chi connectivity index (χ1n) is 6.57. The summed E-state index contributed by atoms with van der Waals surface area (Å²) in [4.78, 5) is 4.59. The van der Waals surface area contributed by atoms with E-state index >= 15 is 0 Å². The lowest BCUT2D eigenvalue weighted by Gasteiger charge is -2.18. The van der Waals surface area contributed by atoms with Gasteiger partial charge in [0, 0.05) is 9.72 Å². The molecule has 0 amide bonds. The molecule has 19 heavy (non-hydrogen) atoms. The Kier molecular flexibility index (Phi) is 5.60. The van der Waals surface area contributed by atoms with E-state index in [1.54, 1.807) is 0 Å². The van der Waals surface area contributed by atoms with Gasteiger partial charge in [-0.1, -0.05) is 66.0 Å². The van der Waals surface area contributed by atoms with E-state index in [9.17, 15) is 0 Å². The number of halogens is 2. The number of nitrogens with zero attached hydrogens (tertiary/aromatic N) is 1. The molecule has 5 heteroatoms. The molecule has 0 saturated heterocycles. The molecule has 0 radical (unpaired) electrons. The Morgan fingerprint density at radius 1 is 1.47 bits per heavy atom. The van der Waals surface area contributed by atoms with E-state index in [0.29, 0.717) is 5.25 Å². The molecule has 0 saturated carbocycles. The molecule has 0 aromatic heterocycles. The van der Waals surface area contributed by atoms with Gasteiger partial charge in [-0.3, -0.25) is 4.99 Å². The second-order valence-electron chi connectivity index (χ2n) is 4.63. The van der Waals surface area contributed by atoms with Crippen molar-refractivity contribution in [2.45, 2.75) is 31.9 Å². The highest BCUT2D eigenvalue weighted by molar-refractivity contribution is 9.10. The number of amidine groups is 1. The van der Waals surface area contributed by atoms with Gasteiger partial charge in [0.2, 0.25) is 0 Å². The van der Waals surface area contributed by atoms with Crippen molar-refractivity contribution >= 4 is 50.1 Å². The number of thioether (sulfide) groups is 1. The van der Waals surface area contributed by atoms with Crippen LogP contribution in [0, 0.1) is 5.92 Å². The molecular weight excluding hydrogens is 344 g/mol. The Labute approximate surface area is 132 Å². The lowest BCUT2D eigenvalue weighted by atomic mass is 9.99. The van der Waals surface area contributed by atoms with Crippen LogP contribution in [-0.4, -0.2) is 17.0 Å². The van der Waals surface area contributed by atoms with Crippen molar-refractivity contribution in [3.8, 4) is 0 Å². The zero-order valence-corrected chi connectivity index (χ0v) is 14.3. The van der Waals surface area contributed by atoms with E-state index in [4.69, 9.17) is 11.6 Å². The van der Waals surface area contributed by atoms with Gasteiger partial charge in [-0.05, 0) is 24.1 Å². The maximum absolute atomic E-state index is 6.18. The van der Waals surface area contributed by atoms with Crippen LogP contribution in [0.25, 0.3) is 0 Å². The number of anilines is 1. The van der Waals surface area contributed by atoms with Crippen molar-refractivity contribution in [1.29, 1.82) is 0 Å². The van der Waals surface area contributed by atoms with Crippen LogP contribution in [-0.2, 0) is 0 Å². The predicted octanol–water partition coefficient (Wildman–Crippen LogP) is 5.42. The minimum absolute atomic E-state index is 0.600. The summed E-state index contributed by atoms with van der Waals surface area (Å²) in [6.07, 6.45) is 2.43. The minimum atomic E-state index is 0.600. The van der Waals surface area contributed by atoms with Crippen LogP contribution >= 0.6 is 39.3 Å². The fourth-order valence-corrected chi connectivity index (χ4v) is 4.09. The third kappa shape index (κ3) is 3.89. The maximum atomic E-state index is 6.18. The second kappa shape index (κ2) is 7.00. The first kappa shape index (κ1) is 15.2. The topological polar surface area (TPSA) is 24.4 Å². The van der Waals surface area contributed by atoms with Crippen LogP contribution in [0.5, 0.6) is 0 Å². The Bertz CT molecular complexity index is 475. The quantitative estimate of drug-likeness (QED) is 0.774. The molecule has 0 spiro atoms. The molecule has 104 valence electrons. The molecule has 2 nitrogen and oxygen atoms in total. The number of rotatable bonds is 4. The van der Waals surface area contributed by atoms with Crippen molar-refractivity contribution < 1.29 is 0 Å². The van der Waals surface area contributed by atoms with E-state index in [1.165, 1.54) is 12.8 Å². The van der Waals surface area contributed by atoms with E-state index in [1.807, 2.05) is 30.0 Å². The van der Waals surface area contributed by atoms with Gasteiger partial charge >= 0.3 is 0 Å². The molecule has 1 unspecified atom stereocenters. The number of benzene rings is 1. The Morgan fingerprint density at radius 3 is 2.89 bits per heavy atom. The Hall–Kier alpha value is -0.190. The zero-order chi connectivity index (χ0) is 13.8. The predicted molar refractivity (Wildman–Crippen MR) is 90.5 cm³/mol. The van der Waals surface area contributed by atoms with Crippen LogP contribution in [0.4, 0.5) is 5.69 Å². The molecule has 0 fully saturated rings. The normalized spacial score (nSPS) is 18.8. The zero-order valence-electron chi connectivity index (χ0n) is 11.1. The van der Waals surface area contributed by atoms with Crippen LogP contribution in [0.2, 0.25) is 5.02 Å². The van der Waals surface area contributed by atoms with Gasteiger partial charge in [0.25, 0.3) is 0 Å². The number of hydrogen-bond acceptors (Lipinski definition) is 3. The van der Waals surface area contributed by atoms with Crippen molar-refractivity contribution in [2.75, 3.05) is 11.9 Å². The highest BCUT2D eigenvalue weighted by Gasteiger charge is 2.26. The molecular formula is C14H18BrClN2S. The van der Waals surface area contributed by atoms with Gasteiger partial charge < -0.3 is 5.32 Å². The molecule has 1 aliphatic heterocycles. The number of hydrogen-bond donors (Lipinski definition) is 1. The lowest BCUT2D eigenvalue weighted by Crippen LogP contribution is -2.17. The fraction of sp³-hybridized carbons (Fsp3) is 0.500. The van der Waals surface area contributed by atoms with Gasteiger partial charge in [0.1, 0.15) is 0 Å². The SMILES string of the molecule is CCC(CC)C1CN=C(Nc2cc(Br)ccc2Cl)S1.